The second kappa shape index (κ2) is 5.18. The van der Waals surface area contributed by atoms with E-state index in [2.05, 4.69) is 18.9 Å². The zero-order valence-electron chi connectivity index (χ0n) is 10.2. The topological polar surface area (TPSA) is 67.6 Å². The van der Waals surface area contributed by atoms with Crippen molar-refractivity contribution in [1.29, 1.82) is 0 Å². The summed E-state index contributed by atoms with van der Waals surface area (Å²) in [5, 5.41) is 9.19. The Morgan fingerprint density at radius 3 is 3.00 bits per heavy atom. The molecule has 3 rings (SSSR count). The highest BCUT2D eigenvalue weighted by molar-refractivity contribution is 8.14. The van der Waals surface area contributed by atoms with Crippen LogP contribution in [0.2, 0.25) is 0 Å². The number of carbonyl (C=O) groups excluding carboxylic acids is 1. The molecule has 0 unspecified atom stereocenters. The first-order valence-electron chi connectivity index (χ1n) is 5.71. The van der Waals surface area contributed by atoms with Gasteiger partial charge >= 0.3 is 0 Å². The van der Waals surface area contributed by atoms with Gasteiger partial charge < -0.3 is 0 Å². The number of nitrogens with zero attached hydrogens (tertiary/aromatic N) is 4. The van der Waals surface area contributed by atoms with Crippen molar-refractivity contribution in [3.8, 4) is 0 Å². The minimum atomic E-state index is 0.149. The van der Waals surface area contributed by atoms with Crippen LogP contribution < -0.4 is 0 Å². The summed E-state index contributed by atoms with van der Waals surface area (Å²) in [6.45, 7) is 1.58. The molecule has 1 aromatic heterocycles. The Morgan fingerprint density at radius 2 is 2.16 bits per heavy atom. The number of aromatic nitrogens is 2. The first kappa shape index (κ1) is 12.4. The molecule has 0 aliphatic carbocycles. The quantitative estimate of drug-likeness (QED) is 0.871. The Bertz CT molecular complexity index is 705. The molecule has 0 atom stereocenters. The highest BCUT2D eigenvalue weighted by atomic mass is 32.2. The van der Waals surface area contributed by atoms with Crippen LogP contribution in [0.5, 0.6) is 0 Å². The van der Waals surface area contributed by atoms with Crippen molar-refractivity contribution in [2.24, 2.45) is 10.2 Å². The van der Waals surface area contributed by atoms with E-state index in [1.165, 1.54) is 23.5 Å². The third-order valence-corrected chi connectivity index (χ3v) is 4.30. The van der Waals surface area contributed by atoms with Gasteiger partial charge in [0.1, 0.15) is 21.9 Å². The molecule has 0 radical (unpaired) electrons. The molecule has 0 spiro atoms. The summed E-state index contributed by atoms with van der Waals surface area (Å²) in [4.78, 5) is 10.9. The van der Waals surface area contributed by atoms with Crippen molar-refractivity contribution >= 4 is 51.1 Å². The van der Waals surface area contributed by atoms with E-state index >= 15 is 0 Å². The van der Waals surface area contributed by atoms with Crippen LogP contribution >= 0.6 is 23.5 Å². The van der Waals surface area contributed by atoms with Gasteiger partial charge in [-0.05, 0) is 19.1 Å². The molecule has 0 fully saturated rings. The number of hydrogen-bond donors (Lipinski definition) is 0. The molecule has 0 amide bonds. The lowest BCUT2D eigenvalue weighted by Gasteiger charge is -2.00. The summed E-state index contributed by atoms with van der Waals surface area (Å²) in [6, 6.07) is 5.90. The lowest BCUT2D eigenvalue weighted by Crippen LogP contribution is -2.04. The molecule has 2 heterocycles. The van der Waals surface area contributed by atoms with Crippen LogP contribution in [0.1, 0.15) is 18.9 Å². The number of rotatable bonds is 3. The number of ketones is 1. The molecule has 96 valence electrons. The Kier molecular flexibility index (Phi) is 3.39. The van der Waals surface area contributed by atoms with Crippen molar-refractivity contribution < 1.29 is 4.79 Å². The number of hydrogen-bond acceptors (Lipinski definition) is 7. The van der Waals surface area contributed by atoms with Gasteiger partial charge in [-0.1, -0.05) is 6.07 Å². The van der Waals surface area contributed by atoms with Crippen molar-refractivity contribution in [2.75, 3.05) is 5.75 Å². The number of benzene rings is 1. The van der Waals surface area contributed by atoms with Gasteiger partial charge in [-0.3, -0.25) is 4.79 Å². The Hall–Kier alpha value is -1.60. The minimum absolute atomic E-state index is 0.149. The van der Waals surface area contributed by atoms with Crippen LogP contribution in [0.25, 0.3) is 11.0 Å². The summed E-state index contributed by atoms with van der Waals surface area (Å²) >= 11 is 2.66. The van der Waals surface area contributed by atoms with Gasteiger partial charge in [0, 0.05) is 12.0 Å². The molecular formula is C12H10N4OS2. The molecule has 2 aromatic rings. The Morgan fingerprint density at radius 1 is 1.32 bits per heavy atom. The maximum absolute atomic E-state index is 10.9. The summed E-state index contributed by atoms with van der Waals surface area (Å²) in [5.74, 6) is 0.604. The summed E-state index contributed by atoms with van der Waals surface area (Å²) in [5.41, 5.74) is 3.72. The highest BCUT2D eigenvalue weighted by Crippen LogP contribution is 2.21. The number of carbonyl (C=O) groups is 1. The second-order valence-electron chi connectivity index (χ2n) is 4.18. The average molecular weight is 290 g/mol. The molecular weight excluding hydrogens is 280 g/mol. The SMILES string of the molecule is CC(=O)CSC1=NN=C(c2ccc3nsnc3c2)C1. The molecule has 1 aliphatic heterocycles. The van der Waals surface area contributed by atoms with E-state index in [1.54, 1.807) is 6.92 Å². The summed E-state index contributed by atoms with van der Waals surface area (Å²) in [7, 11) is 0. The zero-order chi connectivity index (χ0) is 13.2. The monoisotopic (exact) mass is 290 g/mol. The number of fused-ring (bicyclic) bond motifs is 1. The van der Waals surface area contributed by atoms with Crippen molar-refractivity contribution in [3.63, 3.8) is 0 Å². The van der Waals surface area contributed by atoms with Crippen LogP contribution in [-0.2, 0) is 4.79 Å². The maximum Gasteiger partial charge on any atom is 0.140 e. The lowest BCUT2D eigenvalue weighted by molar-refractivity contribution is -0.114. The first-order chi connectivity index (χ1) is 9.22. The van der Waals surface area contributed by atoms with Crippen LogP contribution in [0, 0.1) is 0 Å². The third-order valence-electron chi connectivity index (χ3n) is 2.63. The largest absolute Gasteiger partial charge is 0.299 e. The second-order valence-corrected chi connectivity index (χ2v) is 5.75. The molecule has 5 nitrogen and oxygen atoms in total. The summed E-state index contributed by atoms with van der Waals surface area (Å²) in [6.07, 6.45) is 0.682. The molecule has 0 saturated heterocycles. The fraction of sp³-hybridized carbons (Fsp3) is 0.250. The predicted molar refractivity (Wildman–Crippen MR) is 79.1 cm³/mol. The van der Waals surface area contributed by atoms with Crippen LogP contribution in [0.3, 0.4) is 0 Å². The fourth-order valence-electron chi connectivity index (χ4n) is 1.72. The van der Waals surface area contributed by atoms with Crippen LogP contribution in [0.15, 0.2) is 28.4 Å². The van der Waals surface area contributed by atoms with Gasteiger partial charge in [0.15, 0.2) is 0 Å². The smallest absolute Gasteiger partial charge is 0.140 e. The van der Waals surface area contributed by atoms with Crippen LogP contribution in [-0.4, -0.2) is 31.0 Å². The van der Waals surface area contributed by atoms with Crippen molar-refractivity contribution in [1.82, 2.24) is 8.75 Å². The summed E-state index contributed by atoms with van der Waals surface area (Å²) < 4.78 is 8.39. The van der Waals surface area contributed by atoms with E-state index in [4.69, 9.17) is 0 Å². The highest BCUT2D eigenvalue weighted by Gasteiger charge is 2.16. The van der Waals surface area contributed by atoms with E-state index in [0.717, 1.165) is 27.4 Å². The van der Waals surface area contributed by atoms with Crippen molar-refractivity contribution in [3.05, 3.63) is 23.8 Å². The molecule has 1 aliphatic rings. The van der Waals surface area contributed by atoms with E-state index in [1.807, 2.05) is 18.2 Å². The van der Waals surface area contributed by atoms with E-state index < -0.39 is 0 Å². The van der Waals surface area contributed by atoms with Gasteiger partial charge in [0.05, 0.1) is 23.2 Å². The molecule has 0 saturated carbocycles. The molecule has 0 bridgehead atoms. The van der Waals surface area contributed by atoms with E-state index in [-0.39, 0.29) is 5.78 Å². The van der Waals surface area contributed by atoms with E-state index in [9.17, 15) is 4.79 Å². The van der Waals surface area contributed by atoms with Gasteiger partial charge in [0.2, 0.25) is 0 Å². The van der Waals surface area contributed by atoms with Gasteiger partial charge in [-0.15, -0.1) is 16.9 Å². The fourth-order valence-corrected chi connectivity index (χ4v) is 2.94. The third kappa shape index (κ3) is 2.71. The maximum atomic E-state index is 10.9. The van der Waals surface area contributed by atoms with Gasteiger partial charge in [-0.2, -0.15) is 13.8 Å². The molecule has 19 heavy (non-hydrogen) atoms. The average Bonchev–Trinajstić information content (AvgIpc) is 3.04. The first-order valence-corrected chi connectivity index (χ1v) is 7.42. The minimum Gasteiger partial charge on any atom is -0.299 e. The van der Waals surface area contributed by atoms with Gasteiger partial charge in [0.25, 0.3) is 0 Å². The van der Waals surface area contributed by atoms with Gasteiger partial charge in [-0.25, -0.2) is 0 Å². The molecule has 1 aromatic carbocycles. The Labute approximate surface area is 118 Å². The molecule has 7 heteroatoms. The molecule has 0 N–H and O–H groups in total. The predicted octanol–water partition coefficient (Wildman–Crippen LogP) is 2.52. The zero-order valence-corrected chi connectivity index (χ0v) is 11.8. The van der Waals surface area contributed by atoms with Crippen LogP contribution in [0.4, 0.5) is 0 Å². The normalized spacial score (nSPS) is 14.6. The lowest BCUT2D eigenvalue weighted by atomic mass is 10.1. The number of Topliss-reactive ketones (excluding diaryl/α,β-unsaturated/α-hetero) is 1. The van der Waals surface area contributed by atoms with Crippen molar-refractivity contribution in [2.45, 2.75) is 13.3 Å². The van der Waals surface area contributed by atoms with E-state index in [0.29, 0.717) is 12.2 Å². The Balaban J connectivity index is 1.73. The standard InChI is InChI=1S/C12H10N4OS2/c1-7(17)6-18-12-5-10(13-14-12)8-2-3-9-11(4-8)16-19-15-9/h2-4H,5-6H2,1H3. The number of thioether (sulfide) groups is 1.